The molecule has 0 aromatic carbocycles. The van der Waals surface area contributed by atoms with Crippen LogP contribution in [0.1, 0.15) is 6.92 Å². The molecule has 0 unspecified atom stereocenters. The highest BCUT2D eigenvalue weighted by Crippen LogP contribution is 1.76. The van der Waals surface area contributed by atoms with Crippen molar-refractivity contribution in [1.82, 2.24) is 0 Å². The Morgan fingerprint density at radius 1 is 1.56 bits per heavy atom. The van der Waals surface area contributed by atoms with Crippen LogP contribution in [0.15, 0.2) is 17.1 Å². The number of amides is 1. The molecular formula is C5H9N3O. The predicted octanol–water partition coefficient (Wildman–Crippen LogP) is -0.637. The van der Waals surface area contributed by atoms with Crippen LogP contribution in [0.4, 0.5) is 0 Å². The monoisotopic (exact) mass is 127 g/mol. The topological polar surface area (TPSA) is 81.5 Å². The average molecular weight is 127 g/mol. The van der Waals surface area contributed by atoms with Crippen LogP contribution < -0.4 is 11.5 Å². The highest BCUT2D eigenvalue weighted by molar-refractivity contribution is 5.97. The molecule has 0 aliphatic rings. The van der Waals surface area contributed by atoms with Crippen LogP contribution in [0.2, 0.25) is 0 Å². The first-order valence-electron chi connectivity index (χ1n) is 2.43. The van der Waals surface area contributed by atoms with E-state index in [4.69, 9.17) is 11.5 Å². The van der Waals surface area contributed by atoms with E-state index in [2.05, 4.69) is 4.99 Å². The summed E-state index contributed by atoms with van der Waals surface area (Å²) in [5.74, 6) is -0.643. The highest BCUT2D eigenvalue weighted by atomic mass is 16.1. The van der Waals surface area contributed by atoms with E-state index in [0.29, 0.717) is 0 Å². The second-order valence-electron chi connectivity index (χ2n) is 1.37. The van der Waals surface area contributed by atoms with E-state index in [1.54, 1.807) is 13.0 Å². The van der Waals surface area contributed by atoms with Crippen molar-refractivity contribution in [3.8, 4) is 0 Å². The molecule has 0 rings (SSSR count). The lowest BCUT2D eigenvalue weighted by atomic mass is 10.5. The van der Waals surface area contributed by atoms with Crippen LogP contribution >= 0.6 is 0 Å². The number of aliphatic imine (C=N–C) groups is 1. The fraction of sp³-hybridized carbons (Fsp3) is 0.200. The van der Waals surface area contributed by atoms with Gasteiger partial charge in [-0.05, 0) is 6.92 Å². The Morgan fingerprint density at radius 3 is 2.44 bits per heavy atom. The molecule has 0 bridgehead atoms. The van der Waals surface area contributed by atoms with Crippen LogP contribution in [0.25, 0.3) is 0 Å². The molecule has 4 heteroatoms. The van der Waals surface area contributed by atoms with Crippen LogP contribution in [-0.4, -0.2) is 11.9 Å². The molecule has 0 fully saturated rings. The molecule has 0 heterocycles. The van der Waals surface area contributed by atoms with Crippen molar-refractivity contribution in [2.45, 2.75) is 6.92 Å². The third kappa shape index (κ3) is 4.53. The normalized spacial score (nSPS) is 9.44. The smallest absolute Gasteiger partial charge is 0.272 e. The maximum Gasteiger partial charge on any atom is 0.272 e. The molecule has 1 amide bonds. The summed E-state index contributed by atoms with van der Waals surface area (Å²) in [4.78, 5) is 13.6. The standard InChI is InChI=1S/C5H9N3O/c1-2-3-4(9)8-5(6)7/h2-3H,1H3,(H4,6,7,8,9)/b3-2+. The lowest BCUT2D eigenvalue weighted by Crippen LogP contribution is -2.23. The predicted molar refractivity (Wildman–Crippen MR) is 35.6 cm³/mol. The van der Waals surface area contributed by atoms with E-state index in [1.807, 2.05) is 0 Å². The summed E-state index contributed by atoms with van der Waals surface area (Å²) in [7, 11) is 0. The van der Waals surface area contributed by atoms with E-state index < -0.39 is 5.91 Å². The molecule has 4 N–H and O–H groups in total. The molecular weight excluding hydrogens is 118 g/mol. The first-order chi connectivity index (χ1) is 4.16. The Balaban J connectivity index is 3.93. The van der Waals surface area contributed by atoms with Gasteiger partial charge < -0.3 is 11.5 Å². The maximum atomic E-state index is 10.4. The Morgan fingerprint density at radius 2 is 2.11 bits per heavy atom. The second-order valence-corrected chi connectivity index (χ2v) is 1.37. The van der Waals surface area contributed by atoms with Crippen molar-refractivity contribution >= 4 is 11.9 Å². The second kappa shape index (κ2) is 3.65. The minimum absolute atomic E-state index is 0.210. The number of allylic oxidation sites excluding steroid dienone is 1. The van der Waals surface area contributed by atoms with Gasteiger partial charge in [-0.2, -0.15) is 4.99 Å². The molecule has 0 saturated heterocycles. The Hall–Kier alpha value is -1.32. The van der Waals surface area contributed by atoms with E-state index in [1.165, 1.54) is 6.08 Å². The maximum absolute atomic E-state index is 10.4. The molecule has 0 aromatic rings. The number of hydrogen-bond acceptors (Lipinski definition) is 1. The van der Waals surface area contributed by atoms with Crippen molar-refractivity contribution in [2.24, 2.45) is 16.5 Å². The number of nitrogens with zero attached hydrogens (tertiary/aromatic N) is 1. The van der Waals surface area contributed by atoms with Gasteiger partial charge in [0.25, 0.3) is 5.91 Å². The summed E-state index contributed by atoms with van der Waals surface area (Å²) in [6.07, 6.45) is 2.84. The molecule has 0 spiro atoms. The molecule has 4 nitrogen and oxygen atoms in total. The van der Waals surface area contributed by atoms with Crippen molar-refractivity contribution in [3.05, 3.63) is 12.2 Å². The number of rotatable bonds is 1. The van der Waals surface area contributed by atoms with Crippen LogP contribution in [0.3, 0.4) is 0 Å². The molecule has 0 aliphatic carbocycles. The van der Waals surface area contributed by atoms with Crippen LogP contribution in [-0.2, 0) is 4.79 Å². The molecule has 50 valence electrons. The molecule has 0 aliphatic heterocycles. The number of carbonyl (C=O) groups is 1. The molecule has 0 aromatic heterocycles. The highest BCUT2D eigenvalue weighted by Gasteiger charge is 1.88. The van der Waals surface area contributed by atoms with Gasteiger partial charge in [-0.3, -0.25) is 4.79 Å². The van der Waals surface area contributed by atoms with Crippen molar-refractivity contribution in [1.29, 1.82) is 0 Å². The van der Waals surface area contributed by atoms with E-state index in [0.717, 1.165) is 0 Å². The third-order valence-electron chi connectivity index (χ3n) is 0.549. The summed E-state index contributed by atoms with van der Waals surface area (Å²) in [5.41, 5.74) is 9.79. The summed E-state index contributed by atoms with van der Waals surface area (Å²) in [5, 5.41) is 0. The minimum atomic E-state index is -0.433. The Kier molecular flexibility index (Phi) is 3.12. The number of guanidine groups is 1. The van der Waals surface area contributed by atoms with Gasteiger partial charge in [0.2, 0.25) is 0 Å². The summed E-state index contributed by atoms with van der Waals surface area (Å²) in [6, 6.07) is 0. The van der Waals surface area contributed by atoms with E-state index in [9.17, 15) is 4.79 Å². The number of nitrogens with two attached hydrogens (primary N) is 2. The fourth-order valence-corrected chi connectivity index (χ4v) is 0.307. The van der Waals surface area contributed by atoms with Gasteiger partial charge in [-0.25, -0.2) is 0 Å². The van der Waals surface area contributed by atoms with Gasteiger partial charge in [0, 0.05) is 6.08 Å². The zero-order chi connectivity index (χ0) is 7.28. The zero-order valence-electron chi connectivity index (χ0n) is 5.16. The largest absolute Gasteiger partial charge is 0.370 e. The fourth-order valence-electron chi connectivity index (χ4n) is 0.307. The lowest BCUT2D eigenvalue weighted by Gasteiger charge is -1.84. The van der Waals surface area contributed by atoms with Gasteiger partial charge in [-0.15, -0.1) is 0 Å². The van der Waals surface area contributed by atoms with Gasteiger partial charge in [-0.1, -0.05) is 6.08 Å². The van der Waals surface area contributed by atoms with Gasteiger partial charge >= 0.3 is 0 Å². The SMILES string of the molecule is C/C=C/C(=O)N=C(N)N. The lowest BCUT2D eigenvalue weighted by molar-refractivity contribution is -0.113. The third-order valence-corrected chi connectivity index (χ3v) is 0.549. The van der Waals surface area contributed by atoms with E-state index >= 15 is 0 Å². The van der Waals surface area contributed by atoms with Gasteiger partial charge in [0.1, 0.15) is 0 Å². The quantitative estimate of drug-likeness (QED) is 0.279. The van der Waals surface area contributed by atoms with Crippen LogP contribution in [0, 0.1) is 0 Å². The summed E-state index contributed by atoms with van der Waals surface area (Å²) >= 11 is 0. The van der Waals surface area contributed by atoms with E-state index in [-0.39, 0.29) is 5.96 Å². The van der Waals surface area contributed by atoms with Crippen molar-refractivity contribution < 1.29 is 4.79 Å². The van der Waals surface area contributed by atoms with Gasteiger partial charge in [0.05, 0.1) is 0 Å². The van der Waals surface area contributed by atoms with Crippen LogP contribution in [0.5, 0.6) is 0 Å². The summed E-state index contributed by atoms with van der Waals surface area (Å²) in [6.45, 7) is 1.71. The molecule has 9 heavy (non-hydrogen) atoms. The minimum Gasteiger partial charge on any atom is -0.370 e. The molecule has 0 radical (unpaired) electrons. The average Bonchev–Trinajstić information content (AvgIpc) is 1.63. The first kappa shape index (κ1) is 7.68. The molecule has 0 saturated carbocycles. The zero-order valence-corrected chi connectivity index (χ0v) is 5.16. The number of carbonyl (C=O) groups excluding carboxylic acids is 1. The van der Waals surface area contributed by atoms with Crippen molar-refractivity contribution in [3.63, 3.8) is 0 Å². The Labute approximate surface area is 53.2 Å². The molecule has 0 atom stereocenters. The van der Waals surface area contributed by atoms with Crippen molar-refractivity contribution in [2.75, 3.05) is 0 Å². The van der Waals surface area contributed by atoms with Gasteiger partial charge in [0.15, 0.2) is 5.96 Å². The first-order valence-corrected chi connectivity index (χ1v) is 2.43. The summed E-state index contributed by atoms with van der Waals surface area (Å²) < 4.78 is 0. The number of hydrogen-bond donors (Lipinski definition) is 2. The Bertz CT molecular complexity index is 156.